The van der Waals surface area contributed by atoms with Crippen LogP contribution in [-0.4, -0.2) is 25.7 Å². The van der Waals surface area contributed by atoms with Crippen LogP contribution in [0.15, 0.2) is 66.7 Å². The van der Waals surface area contributed by atoms with Gasteiger partial charge in [0, 0.05) is 11.3 Å². The van der Waals surface area contributed by atoms with Crippen LogP contribution >= 0.6 is 0 Å². The molecule has 0 fully saturated rings. The topological polar surface area (TPSA) is 72.2 Å². The highest BCUT2D eigenvalue weighted by atomic mass is 16.1. The Hall–Kier alpha value is -3.54. The van der Waals surface area contributed by atoms with E-state index in [1.807, 2.05) is 80.6 Å². The predicted octanol–water partition coefficient (Wildman–Crippen LogP) is 4.23. The fourth-order valence-electron chi connectivity index (χ4n) is 3.26. The van der Waals surface area contributed by atoms with E-state index in [0.29, 0.717) is 0 Å². The zero-order valence-corrected chi connectivity index (χ0v) is 15.8. The lowest BCUT2D eigenvalue weighted by atomic mass is 9.95. The molecule has 2 aromatic carbocycles. The molecule has 1 atom stereocenters. The van der Waals surface area contributed by atoms with E-state index in [4.69, 9.17) is 0 Å². The second-order valence-electron chi connectivity index (χ2n) is 6.67. The van der Waals surface area contributed by atoms with Gasteiger partial charge in [0.2, 0.25) is 5.91 Å². The van der Waals surface area contributed by atoms with Crippen LogP contribution in [0.4, 0.5) is 5.69 Å². The summed E-state index contributed by atoms with van der Waals surface area (Å²) in [6.45, 7) is 3.89. The summed E-state index contributed by atoms with van der Waals surface area (Å²) < 4.78 is 1.72. The molecular formula is C22H21N5O. The van der Waals surface area contributed by atoms with Crippen molar-refractivity contribution in [2.75, 3.05) is 5.32 Å². The van der Waals surface area contributed by atoms with Crippen LogP contribution in [0.1, 0.15) is 30.7 Å². The molecule has 2 heterocycles. The molecule has 6 nitrogen and oxygen atoms in total. The van der Waals surface area contributed by atoms with E-state index >= 15 is 0 Å². The molecule has 6 heteroatoms. The molecule has 4 rings (SSSR count). The van der Waals surface area contributed by atoms with Gasteiger partial charge in [-0.3, -0.25) is 4.79 Å². The molecule has 0 aliphatic rings. The summed E-state index contributed by atoms with van der Waals surface area (Å²) in [5.41, 5.74) is 4.30. The minimum absolute atomic E-state index is 0.00103. The molecule has 0 aliphatic carbocycles. The van der Waals surface area contributed by atoms with E-state index in [1.165, 1.54) is 0 Å². The fourth-order valence-corrected chi connectivity index (χ4v) is 3.26. The van der Waals surface area contributed by atoms with E-state index in [9.17, 15) is 4.79 Å². The van der Waals surface area contributed by atoms with Crippen LogP contribution in [0.2, 0.25) is 0 Å². The number of anilines is 1. The number of hydrogen-bond acceptors (Lipinski definition) is 4. The maximum atomic E-state index is 12.7. The Labute approximate surface area is 163 Å². The van der Waals surface area contributed by atoms with Crippen LogP contribution in [-0.2, 0) is 4.79 Å². The maximum Gasteiger partial charge on any atom is 0.231 e. The van der Waals surface area contributed by atoms with Gasteiger partial charge < -0.3 is 5.32 Å². The van der Waals surface area contributed by atoms with Gasteiger partial charge in [-0.2, -0.15) is 9.61 Å². The van der Waals surface area contributed by atoms with Gasteiger partial charge in [0.1, 0.15) is 0 Å². The van der Waals surface area contributed by atoms with Gasteiger partial charge in [-0.25, -0.2) is 0 Å². The monoisotopic (exact) mass is 371 g/mol. The lowest BCUT2D eigenvalue weighted by Crippen LogP contribution is -2.20. The largest absolute Gasteiger partial charge is 0.326 e. The van der Waals surface area contributed by atoms with Crippen LogP contribution in [0.5, 0.6) is 0 Å². The summed E-state index contributed by atoms with van der Waals surface area (Å²) >= 11 is 0. The van der Waals surface area contributed by atoms with Crippen LogP contribution < -0.4 is 5.32 Å². The van der Waals surface area contributed by atoms with Crippen LogP contribution in [0.3, 0.4) is 0 Å². The molecule has 0 unspecified atom stereocenters. The first-order valence-corrected chi connectivity index (χ1v) is 9.31. The highest BCUT2D eigenvalue weighted by Crippen LogP contribution is 2.23. The molecule has 140 valence electrons. The highest BCUT2D eigenvalue weighted by molar-refractivity contribution is 5.96. The van der Waals surface area contributed by atoms with Crippen molar-refractivity contribution in [1.82, 2.24) is 19.8 Å². The smallest absolute Gasteiger partial charge is 0.231 e. The summed E-state index contributed by atoms with van der Waals surface area (Å²) in [4.78, 5) is 12.7. The average Bonchev–Trinajstić information content (AvgIpc) is 3.10. The zero-order valence-electron chi connectivity index (χ0n) is 15.8. The Balaban J connectivity index is 1.52. The maximum absolute atomic E-state index is 12.7. The van der Waals surface area contributed by atoms with Gasteiger partial charge in [-0.05, 0) is 43.2 Å². The lowest BCUT2D eigenvalue weighted by Gasteiger charge is -2.15. The van der Waals surface area contributed by atoms with Crippen molar-refractivity contribution in [1.29, 1.82) is 0 Å². The number of aryl methyl sites for hydroxylation is 1. The molecule has 4 aromatic rings. The Kier molecular flexibility index (Phi) is 4.85. The summed E-state index contributed by atoms with van der Waals surface area (Å²) in [7, 11) is 0. The third-order valence-electron chi connectivity index (χ3n) is 4.79. The number of benzene rings is 2. The minimum Gasteiger partial charge on any atom is -0.326 e. The van der Waals surface area contributed by atoms with Crippen molar-refractivity contribution in [2.24, 2.45) is 0 Å². The van der Waals surface area contributed by atoms with Crippen molar-refractivity contribution >= 4 is 17.2 Å². The number of hydrogen-bond donors (Lipinski definition) is 1. The highest BCUT2D eigenvalue weighted by Gasteiger charge is 2.18. The molecule has 0 saturated heterocycles. The summed E-state index contributed by atoms with van der Waals surface area (Å²) in [6, 6.07) is 21.4. The number of carbonyl (C=O) groups excluding carboxylic acids is 1. The van der Waals surface area contributed by atoms with Gasteiger partial charge in [0.15, 0.2) is 11.5 Å². The SMILES string of the molecule is CC[C@H](C(=O)Nc1ccc(-c2ccc3nnc(C)n3n2)cc1)c1ccccc1. The van der Waals surface area contributed by atoms with Crippen molar-refractivity contribution < 1.29 is 4.79 Å². The molecule has 0 bridgehead atoms. The molecule has 1 amide bonds. The Morgan fingerprint density at radius 1 is 1.00 bits per heavy atom. The van der Waals surface area contributed by atoms with Crippen LogP contribution in [0.25, 0.3) is 16.9 Å². The molecule has 0 saturated carbocycles. The van der Waals surface area contributed by atoms with E-state index in [2.05, 4.69) is 20.6 Å². The number of nitrogens with one attached hydrogen (secondary N) is 1. The van der Waals surface area contributed by atoms with E-state index in [0.717, 1.165) is 40.4 Å². The summed E-state index contributed by atoms with van der Waals surface area (Å²) in [5.74, 6) is 0.579. The van der Waals surface area contributed by atoms with Gasteiger partial charge in [0.25, 0.3) is 0 Å². The number of nitrogens with zero attached hydrogens (tertiary/aromatic N) is 4. The minimum atomic E-state index is -0.165. The van der Waals surface area contributed by atoms with Crippen molar-refractivity contribution in [2.45, 2.75) is 26.2 Å². The Morgan fingerprint density at radius 3 is 2.46 bits per heavy atom. The summed E-state index contributed by atoms with van der Waals surface area (Å²) in [6.07, 6.45) is 0.746. The molecule has 2 aromatic heterocycles. The fraction of sp³-hybridized carbons (Fsp3) is 0.182. The number of aromatic nitrogens is 4. The van der Waals surface area contributed by atoms with Crippen LogP contribution in [0, 0.1) is 6.92 Å². The first-order valence-electron chi connectivity index (χ1n) is 9.31. The third kappa shape index (κ3) is 3.49. The first-order chi connectivity index (χ1) is 13.7. The zero-order chi connectivity index (χ0) is 19.5. The number of carbonyl (C=O) groups is 1. The predicted molar refractivity (Wildman–Crippen MR) is 109 cm³/mol. The number of fused-ring (bicyclic) bond motifs is 1. The average molecular weight is 371 g/mol. The van der Waals surface area contributed by atoms with E-state index < -0.39 is 0 Å². The van der Waals surface area contributed by atoms with Gasteiger partial charge in [-0.1, -0.05) is 49.4 Å². The van der Waals surface area contributed by atoms with Crippen molar-refractivity contribution in [3.05, 3.63) is 78.1 Å². The molecule has 0 aliphatic heterocycles. The first kappa shape index (κ1) is 17.9. The van der Waals surface area contributed by atoms with Crippen molar-refractivity contribution in [3.63, 3.8) is 0 Å². The second kappa shape index (κ2) is 7.60. The normalized spacial score (nSPS) is 12.1. The molecule has 0 radical (unpaired) electrons. The number of rotatable bonds is 5. The second-order valence-corrected chi connectivity index (χ2v) is 6.67. The standard InChI is InChI=1S/C22H21N5O/c1-3-19(16-7-5-4-6-8-16)22(28)23-18-11-9-17(10-12-18)20-13-14-21-25-24-15(2)27(21)26-20/h4-14,19H,3H2,1-2H3,(H,23,28)/t19-/m0/s1. The van der Waals surface area contributed by atoms with Gasteiger partial charge >= 0.3 is 0 Å². The molecule has 1 N–H and O–H groups in total. The third-order valence-corrected chi connectivity index (χ3v) is 4.79. The number of amides is 1. The molecule has 0 spiro atoms. The molecule has 28 heavy (non-hydrogen) atoms. The Morgan fingerprint density at radius 2 is 1.75 bits per heavy atom. The van der Waals surface area contributed by atoms with Crippen molar-refractivity contribution in [3.8, 4) is 11.3 Å². The van der Waals surface area contributed by atoms with Gasteiger partial charge in [0.05, 0.1) is 11.6 Å². The quantitative estimate of drug-likeness (QED) is 0.570. The summed E-state index contributed by atoms with van der Waals surface area (Å²) in [5, 5.41) is 15.7. The Bertz CT molecular complexity index is 1100. The van der Waals surface area contributed by atoms with E-state index in [-0.39, 0.29) is 11.8 Å². The lowest BCUT2D eigenvalue weighted by molar-refractivity contribution is -0.117. The van der Waals surface area contributed by atoms with E-state index in [1.54, 1.807) is 4.52 Å². The van der Waals surface area contributed by atoms with Gasteiger partial charge in [-0.15, -0.1) is 10.2 Å². The molecular weight excluding hydrogens is 350 g/mol.